The number of rotatable bonds is 12. The summed E-state index contributed by atoms with van der Waals surface area (Å²) >= 11 is 0. The Morgan fingerprint density at radius 2 is 1.98 bits per heavy atom. The van der Waals surface area contributed by atoms with Crippen LogP contribution in [0.4, 0.5) is 5.69 Å². The van der Waals surface area contributed by atoms with Gasteiger partial charge < -0.3 is 33.9 Å². The number of aromatic hydroxyl groups is 1. The SMILES string of the molecule is CCCCN(C(=O)CN1C[C@H](c2cc(OC)c3c(c2)OCO3)C(C(=O)O)[C@@H]1CCn1cc2ccccc2c1O)c1ccc[n+](C)c1. The number of nitrogens with zero attached hydrogens (tertiary/aromatic N) is 4. The van der Waals surface area contributed by atoms with Gasteiger partial charge in [0.2, 0.25) is 18.4 Å². The van der Waals surface area contributed by atoms with E-state index in [2.05, 4.69) is 6.92 Å². The number of anilines is 1. The number of fused-ring (bicyclic) bond motifs is 2. The average molecular weight is 630 g/mol. The van der Waals surface area contributed by atoms with Crippen molar-refractivity contribution in [1.29, 1.82) is 0 Å². The van der Waals surface area contributed by atoms with E-state index in [1.165, 1.54) is 0 Å². The van der Waals surface area contributed by atoms with Crippen LogP contribution in [-0.4, -0.2) is 71.1 Å². The molecular weight excluding hydrogens is 588 g/mol. The highest BCUT2D eigenvalue weighted by Crippen LogP contribution is 2.47. The van der Waals surface area contributed by atoms with Gasteiger partial charge in [0.25, 0.3) is 0 Å². The number of aliphatic carboxylic acids is 1. The lowest BCUT2D eigenvalue weighted by atomic mass is 9.84. The van der Waals surface area contributed by atoms with Crippen molar-refractivity contribution in [3.8, 4) is 23.1 Å². The molecule has 46 heavy (non-hydrogen) atoms. The van der Waals surface area contributed by atoms with Gasteiger partial charge in [-0.3, -0.25) is 14.5 Å². The second kappa shape index (κ2) is 13.3. The molecule has 3 atom stereocenters. The number of carbonyl (C=O) groups is 2. The monoisotopic (exact) mass is 629 g/mol. The van der Waals surface area contributed by atoms with Crippen LogP contribution in [0.2, 0.25) is 0 Å². The normalized spacial score (nSPS) is 19.1. The molecule has 6 rings (SSSR count). The molecule has 0 spiro atoms. The van der Waals surface area contributed by atoms with E-state index in [-0.39, 0.29) is 25.1 Å². The first-order valence-electron chi connectivity index (χ1n) is 15.8. The molecule has 4 aromatic rings. The van der Waals surface area contributed by atoms with E-state index in [1.54, 1.807) is 16.6 Å². The zero-order valence-corrected chi connectivity index (χ0v) is 26.5. The van der Waals surface area contributed by atoms with Gasteiger partial charge in [0.05, 0.1) is 19.6 Å². The molecule has 2 aromatic heterocycles. The standard InChI is InChI=1S/C35H40N4O7/c1-4-5-14-39(25-10-8-13-36(2)19-25)31(40)21-38-20-27(24-16-29(44-3)33-30(17-24)45-22-46-33)32(35(42)43)28(38)12-15-37-18-23-9-6-7-11-26(23)34(37)41/h6-11,13,16-19,27-28,32H,4-5,12,14-15,20-22H2,1-3H3,(H-,41,42,43)/p+1/t27-,28+,32?/m1/s1. The predicted molar refractivity (Wildman–Crippen MR) is 171 cm³/mol. The Kier molecular flexibility index (Phi) is 9.03. The quantitative estimate of drug-likeness (QED) is 0.223. The second-order valence-corrected chi connectivity index (χ2v) is 12.1. The van der Waals surface area contributed by atoms with Crippen molar-refractivity contribution >= 4 is 28.3 Å². The van der Waals surface area contributed by atoms with Gasteiger partial charge in [-0.25, -0.2) is 4.57 Å². The molecule has 4 heterocycles. The number of unbranched alkanes of at least 4 members (excludes halogenated alkanes) is 1. The summed E-state index contributed by atoms with van der Waals surface area (Å²) in [5.74, 6) is -0.685. The summed E-state index contributed by atoms with van der Waals surface area (Å²) in [5.41, 5.74) is 1.55. The molecule has 2 aliphatic rings. The Morgan fingerprint density at radius 1 is 1.15 bits per heavy atom. The number of benzene rings is 2. The Hall–Kier alpha value is -4.77. The average Bonchev–Trinajstić information content (AvgIpc) is 3.75. The first-order valence-corrected chi connectivity index (χ1v) is 15.8. The zero-order valence-electron chi connectivity index (χ0n) is 26.5. The molecule has 2 aromatic carbocycles. The van der Waals surface area contributed by atoms with E-state index in [0.29, 0.717) is 43.3 Å². The van der Waals surface area contributed by atoms with Gasteiger partial charge in [0, 0.05) is 54.6 Å². The van der Waals surface area contributed by atoms with Gasteiger partial charge in [-0.1, -0.05) is 31.5 Å². The third kappa shape index (κ3) is 6.06. The minimum absolute atomic E-state index is 0.0502. The number of aryl methyl sites for hydroxylation is 2. The highest BCUT2D eigenvalue weighted by Gasteiger charge is 2.47. The molecule has 11 nitrogen and oxygen atoms in total. The van der Waals surface area contributed by atoms with E-state index >= 15 is 0 Å². The van der Waals surface area contributed by atoms with Crippen LogP contribution in [0.3, 0.4) is 0 Å². The van der Waals surface area contributed by atoms with Gasteiger partial charge in [-0.2, -0.15) is 0 Å². The first kappa shape index (κ1) is 31.2. The van der Waals surface area contributed by atoms with Crippen LogP contribution in [0.5, 0.6) is 23.1 Å². The molecule has 0 saturated carbocycles. The van der Waals surface area contributed by atoms with Crippen molar-refractivity contribution in [3.63, 3.8) is 0 Å². The molecule has 2 N–H and O–H groups in total. The third-order valence-corrected chi connectivity index (χ3v) is 9.19. The van der Waals surface area contributed by atoms with Gasteiger partial charge in [0.15, 0.2) is 29.8 Å². The number of ether oxygens (including phenoxy) is 3. The molecule has 0 aliphatic carbocycles. The highest BCUT2D eigenvalue weighted by atomic mass is 16.7. The number of hydrogen-bond acceptors (Lipinski definition) is 7. The lowest BCUT2D eigenvalue weighted by Crippen LogP contribution is -2.45. The number of carboxylic acid groups (broad SMARTS) is 1. The fourth-order valence-corrected chi connectivity index (χ4v) is 6.90. The first-order chi connectivity index (χ1) is 22.3. The van der Waals surface area contributed by atoms with Crippen LogP contribution in [-0.2, 0) is 23.2 Å². The van der Waals surface area contributed by atoms with E-state index in [1.807, 2.05) is 83.6 Å². The number of hydrogen-bond donors (Lipinski definition) is 2. The summed E-state index contributed by atoms with van der Waals surface area (Å²) in [4.78, 5) is 31.0. The highest BCUT2D eigenvalue weighted by molar-refractivity contribution is 5.94. The Bertz CT molecular complexity index is 1740. The largest absolute Gasteiger partial charge is 0.494 e. The maximum absolute atomic E-state index is 14.1. The molecule has 0 bridgehead atoms. The van der Waals surface area contributed by atoms with Crippen molar-refractivity contribution in [1.82, 2.24) is 9.47 Å². The Morgan fingerprint density at radius 3 is 2.72 bits per heavy atom. The van der Waals surface area contributed by atoms with Crippen LogP contribution in [0.1, 0.15) is 37.7 Å². The molecular formula is C35H41N4O7+. The number of amides is 1. The molecule has 11 heteroatoms. The van der Waals surface area contributed by atoms with E-state index in [4.69, 9.17) is 14.2 Å². The topological polar surface area (TPSA) is 118 Å². The van der Waals surface area contributed by atoms with Crippen molar-refractivity contribution in [2.75, 3.05) is 38.4 Å². The van der Waals surface area contributed by atoms with E-state index in [9.17, 15) is 19.8 Å². The molecule has 0 radical (unpaired) electrons. The van der Waals surface area contributed by atoms with Gasteiger partial charge in [-0.05, 0) is 42.7 Å². The predicted octanol–water partition coefficient (Wildman–Crippen LogP) is 4.30. The van der Waals surface area contributed by atoms with Crippen molar-refractivity contribution in [3.05, 3.63) is 72.7 Å². The van der Waals surface area contributed by atoms with Gasteiger partial charge in [0.1, 0.15) is 12.7 Å². The lowest BCUT2D eigenvalue weighted by Gasteiger charge is -2.29. The summed E-state index contributed by atoms with van der Waals surface area (Å²) in [6.07, 6.45) is 7.91. The lowest BCUT2D eigenvalue weighted by molar-refractivity contribution is -0.670. The van der Waals surface area contributed by atoms with Crippen LogP contribution in [0.25, 0.3) is 10.8 Å². The second-order valence-electron chi connectivity index (χ2n) is 12.1. The van der Waals surface area contributed by atoms with Crippen molar-refractivity contribution in [2.24, 2.45) is 13.0 Å². The molecule has 2 aliphatic heterocycles. The third-order valence-electron chi connectivity index (χ3n) is 9.19. The number of aromatic nitrogens is 2. The maximum Gasteiger partial charge on any atom is 0.308 e. The van der Waals surface area contributed by atoms with Crippen LogP contribution >= 0.6 is 0 Å². The fraction of sp³-hybridized carbons (Fsp3) is 0.400. The van der Waals surface area contributed by atoms with Crippen molar-refractivity contribution in [2.45, 2.75) is 44.7 Å². The van der Waals surface area contributed by atoms with Crippen LogP contribution < -0.4 is 23.7 Å². The van der Waals surface area contributed by atoms with E-state index < -0.39 is 23.8 Å². The zero-order chi connectivity index (χ0) is 32.4. The molecule has 1 unspecified atom stereocenters. The van der Waals surface area contributed by atoms with Gasteiger partial charge in [-0.15, -0.1) is 0 Å². The number of methoxy groups -OCH3 is 1. The minimum Gasteiger partial charge on any atom is -0.494 e. The Balaban J connectivity index is 1.34. The molecule has 1 saturated heterocycles. The Labute approximate surface area is 268 Å². The number of carboxylic acids is 1. The summed E-state index contributed by atoms with van der Waals surface area (Å²) in [6, 6.07) is 14.6. The summed E-state index contributed by atoms with van der Waals surface area (Å²) < 4.78 is 20.5. The van der Waals surface area contributed by atoms with Gasteiger partial charge >= 0.3 is 5.97 Å². The number of likely N-dealkylation sites (tertiary alicyclic amines) is 1. The smallest absolute Gasteiger partial charge is 0.308 e. The fourth-order valence-electron chi connectivity index (χ4n) is 6.90. The van der Waals surface area contributed by atoms with Crippen LogP contribution in [0.15, 0.2) is 67.1 Å². The molecule has 1 amide bonds. The number of pyridine rings is 1. The summed E-state index contributed by atoms with van der Waals surface area (Å²) in [7, 11) is 3.46. The van der Waals surface area contributed by atoms with Crippen LogP contribution in [0, 0.1) is 5.92 Å². The maximum atomic E-state index is 14.1. The van der Waals surface area contributed by atoms with E-state index in [0.717, 1.165) is 34.9 Å². The van der Waals surface area contributed by atoms with Crippen molar-refractivity contribution < 1.29 is 38.6 Å². The number of carbonyl (C=O) groups excluding carboxylic acids is 1. The minimum atomic E-state index is -0.943. The molecule has 242 valence electrons. The molecule has 1 fully saturated rings. The summed E-state index contributed by atoms with van der Waals surface area (Å²) in [5, 5.41) is 23.3. The summed E-state index contributed by atoms with van der Waals surface area (Å²) in [6.45, 7) is 3.49.